The van der Waals surface area contributed by atoms with Crippen molar-refractivity contribution in [1.29, 1.82) is 5.41 Å². The van der Waals surface area contributed by atoms with Crippen LogP contribution in [0.25, 0.3) is 10.4 Å². The Hall–Kier alpha value is -2.78. The van der Waals surface area contributed by atoms with E-state index in [-0.39, 0.29) is 11.9 Å². The van der Waals surface area contributed by atoms with Crippen molar-refractivity contribution in [1.82, 2.24) is 10.2 Å². The Kier molecular flexibility index (Phi) is 9.26. The Morgan fingerprint density at radius 3 is 2.76 bits per heavy atom. The van der Waals surface area contributed by atoms with Gasteiger partial charge in [-0.1, -0.05) is 6.07 Å². The Balaban J connectivity index is 1.94. The van der Waals surface area contributed by atoms with Gasteiger partial charge in [0.2, 0.25) is 0 Å². The van der Waals surface area contributed by atoms with Crippen molar-refractivity contribution in [2.75, 3.05) is 33.3 Å². The number of benzene rings is 1. The minimum Gasteiger partial charge on any atom is -0.491 e. The lowest BCUT2D eigenvalue weighted by Gasteiger charge is -2.18. The number of nitrogens with zero attached hydrogens (tertiary/aromatic N) is 2. The van der Waals surface area contributed by atoms with Gasteiger partial charge in [0.1, 0.15) is 12.4 Å². The molecule has 0 aliphatic carbocycles. The number of nitrogens with two attached hydrogens (primary N) is 3. The van der Waals surface area contributed by atoms with Crippen LogP contribution >= 0.6 is 11.3 Å². The zero-order valence-electron chi connectivity index (χ0n) is 16.9. The summed E-state index contributed by atoms with van der Waals surface area (Å²) in [5.41, 5.74) is 18.4. The van der Waals surface area contributed by atoms with Gasteiger partial charge >= 0.3 is 0 Å². The molecule has 0 aliphatic heterocycles. The molecule has 8 nitrogen and oxygen atoms in total. The zero-order chi connectivity index (χ0) is 21.1. The Morgan fingerprint density at radius 2 is 2.07 bits per heavy atom. The summed E-state index contributed by atoms with van der Waals surface area (Å²) in [4.78, 5) is 6.87. The third-order valence-corrected chi connectivity index (χ3v) is 5.25. The molecule has 8 N–H and O–H groups in total. The quantitative estimate of drug-likeness (QED) is 0.203. The number of hydrogen-bond donors (Lipinski definition) is 5. The largest absolute Gasteiger partial charge is 0.491 e. The van der Waals surface area contributed by atoms with Crippen LogP contribution in [0.4, 0.5) is 0 Å². The van der Waals surface area contributed by atoms with Crippen molar-refractivity contribution in [2.24, 2.45) is 22.2 Å². The van der Waals surface area contributed by atoms with E-state index in [1.54, 1.807) is 23.3 Å². The van der Waals surface area contributed by atoms with E-state index in [0.717, 1.165) is 30.7 Å². The number of likely N-dealkylation sites (N-methyl/N-ethyl adjacent to an activating group) is 1. The Bertz CT molecular complexity index is 788. The van der Waals surface area contributed by atoms with Crippen LogP contribution in [0.2, 0.25) is 0 Å². The number of ether oxygens (including phenoxy) is 1. The van der Waals surface area contributed by atoms with E-state index in [9.17, 15) is 0 Å². The minimum atomic E-state index is 0.0317. The fourth-order valence-corrected chi connectivity index (χ4v) is 3.38. The van der Waals surface area contributed by atoms with Gasteiger partial charge in [-0.25, -0.2) is 0 Å². The third kappa shape index (κ3) is 8.00. The average molecular weight is 418 g/mol. The van der Waals surface area contributed by atoms with Crippen molar-refractivity contribution in [3.8, 4) is 16.2 Å². The maximum absolute atomic E-state index is 7.43. The van der Waals surface area contributed by atoms with Crippen molar-refractivity contribution in [3.05, 3.63) is 41.3 Å². The van der Waals surface area contributed by atoms with E-state index < -0.39 is 0 Å². The molecule has 2 rings (SSSR count). The highest BCUT2D eigenvalue weighted by Crippen LogP contribution is 2.29. The maximum atomic E-state index is 7.43. The van der Waals surface area contributed by atoms with Gasteiger partial charge in [0.15, 0.2) is 11.9 Å². The topological polar surface area (TPSA) is 139 Å². The van der Waals surface area contributed by atoms with Crippen molar-refractivity contribution >= 4 is 23.3 Å². The third-order valence-electron chi connectivity index (χ3n) is 4.33. The van der Waals surface area contributed by atoms with Crippen LogP contribution in [0.1, 0.15) is 18.4 Å². The molecule has 158 valence electrons. The molecular formula is C20H31N7OS. The van der Waals surface area contributed by atoms with Gasteiger partial charge in [0.25, 0.3) is 0 Å². The smallest absolute Gasteiger partial charge is 0.188 e. The maximum Gasteiger partial charge on any atom is 0.188 e. The number of guanidine groups is 2. The molecule has 0 fully saturated rings. The molecule has 0 bridgehead atoms. The summed E-state index contributed by atoms with van der Waals surface area (Å²) in [5.74, 6) is 1.01. The van der Waals surface area contributed by atoms with E-state index in [0.29, 0.717) is 26.2 Å². The van der Waals surface area contributed by atoms with Gasteiger partial charge in [0.05, 0.1) is 6.54 Å². The second-order valence-electron chi connectivity index (χ2n) is 6.65. The fraction of sp³-hybridized carbons (Fsp3) is 0.400. The van der Waals surface area contributed by atoms with Gasteiger partial charge in [-0.2, -0.15) is 0 Å². The minimum absolute atomic E-state index is 0.0317. The number of nitrogens with one attached hydrogen (secondary N) is 2. The SMILES string of the molecule is CN(CCOc1ccc(-c2cccs2)cc1CNCCCCN=C(N)N)C(=N)N. The highest BCUT2D eigenvalue weighted by Gasteiger charge is 2.08. The van der Waals surface area contributed by atoms with Crippen molar-refractivity contribution in [3.63, 3.8) is 0 Å². The van der Waals surface area contributed by atoms with Crippen molar-refractivity contribution < 1.29 is 4.74 Å². The van der Waals surface area contributed by atoms with Gasteiger partial charge in [-0.15, -0.1) is 11.3 Å². The van der Waals surface area contributed by atoms with Crippen LogP contribution in [-0.2, 0) is 6.54 Å². The molecule has 9 heteroatoms. The first-order valence-electron chi connectivity index (χ1n) is 9.58. The molecule has 0 spiro atoms. The number of aliphatic imine (C=N–C) groups is 1. The summed E-state index contributed by atoms with van der Waals surface area (Å²) in [7, 11) is 1.77. The monoisotopic (exact) mass is 417 g/mol. The molecule has 1 heterocycles. The molecule has 0 aliphatic rings. The predicted octanol–water partition coefficient (Wildman–Crippen LogP) is 1.76. The molecule has 0 saturated carbocycles. The summed E-state index contributed by atoms with van der Waals surface area (Å²) >= 11 is 1.72. The standard InChI is InChI=1S/C20H31N7OS/c1-27(20(23)24)10-11-28-17-7-6-15(18-5-4-12-29-18)13-16(17)14-25-8-2-3-9-26-19(21)22/h4-7,12-13,25H,2-3,8-11,14H2,1H3,(H3,23,24)(H4,21,22,26). The van der Waals surface area contributed by atoms with Gasteiger partial charge in [-0.3, -0.25) is 10.4 Å². The molecule has 29 heavy (non-hydrogen) atoms. The predicted molar refractivity (Wildman–Crippen MR) is 121 cm³/mol. The summed E-state index contributed by atoms with van der Waals surface area (Å²) < 4.78 is 5.98. The van der Waals surface area contributed by atoms with Gasteiger partial charge in [-0.05, 0) is 54.6 Å². The van der Waals surface area contributed by atoms with Crippen LogP contribution in [0.3, 0.4) is 0 Å². The van der Waals surface area contributed by atoms with Crippen LogP contribution in [-0.4, -0.2) is 50.1 Å². The molecule has 0 radical (unpaired) electrons. The first kappa shape index (κ1) is 22.5. The Labute approximate surface area is 176 Å². The lowest BCUT2D eigenvalue weighted by Crippen LogP contribution is -2.35. The van der Waals surface area contributed by atoms with E-state index in [2.05, 4.69) is 40.0 Å². The highest BCUT2D eigenvalue weighted by molar-refractivity contribution is 7.13. The van der Waals surface area contributed by atoms with Crippen LogP contribution in [0.15, 0.2) is 40.7 Å². The molecule has 0 amide bonds. The van der Waals surface area contributed by atoms with Gasteiger partial charge < -0.3 is 32.2 Å². The highest BCUT2D eigenvalue weighted by atomic mass is 32.1. The summed E-state index contributed by atoms with van der Waals surface area (Å²) in [6.45, 7) is 3.24. The van der Waals surface area contributed by atoms with E-state index in [4.69, 9.17) is 27.3 Å². The molecule has 1 aromatic carbocycles. The first-order chi connectivity index (χ1) is 14.0. The van der Waals surface area contributed by atoms with Crippen LogP contribution in [0, 0.1) is 5.41 Å². The second-order valence-corrected chi connectivity index (χ2v) is 7.59. The lowest BCUT2D eigenvalue weighted by molar-refractivity contribution is 0.280. The molecule has 2 aromatic rings. The zero-order valence-corrected chi connectivity index (χ0v) is 17.7. The summed E-state index contributed by atoms with van der Waals surface area (Å²) in [6.07, 6.45) is 1.92. The number of thiophene rings is 1. The lowest BCUT2D eigenvalue weighted by atomic mass is 10.1. The molecule has 0 unspecified atom stereocenters. The fourth-order valence-electron chi connectivity index (χ4n) is 2.66. The van der Waals surface area contributed by atoms with E-state index in [1.807, 2.05) is 6.07 Å². The number of hydrogen-bond acceptors (Lipinski definition) is 5. The first-order valence-corrected chi connectivity index (χ1v) is 10.5. The van der Waals surface area contributed by atoms with Crippen LogP contribution in [0.5, 0.6) is 5.75 Å². The Morgan fingerprint density at radius 1 is 1.24 bits per heavy atom. The second kappa shape index (κ2) is 11.9. The average Bonchev–Trinajstić information content (AvgIpc) is 3.22. The summed E-state index contributed by atoms with van der Waals surface area (Å²) in [5, 5.41) is 13.0. The number of rotatable bonds is 12. The van der Waals surface area contributed by atoms with E-state index in [1.165, 1.54) is 10.4 Å². The number of unbranched alkanes of at least 4 members (excludes halogenated alkanes) is 1. The molecular weight excluding hydrogens is 386 g/mol. The van der Waals surface area contributed by atoms with Crippen LogP contribution < -0.4 is 27.3 Å². The summed E-state index contributed by atoms with van der Waals surface area (Å²) in [6, 6.07) is 10.4. The van der Waals surface area contributed by atoms with Crippen molar-refractivity contribution in [2.45, 2.75) is 19.4 Å². The van der Waals surface area contributed by atoms with Gasteiger partial charge in [0, 0.05) is 30.6 Å². The van der Waals surface area contributed by atoms with E-state index >= 15 is 0 Å². The molecule has 0 saturated heterocycles. The molecule has 1 aromatic heterocycles. The normalized spacial score (nSPS) is 10.5. The molecule has 0 atom stereocenters.